The molecule has 118 valence electrons. The normalized spacial score (nSPS) is 15.4. The first-order chi connectivity index (χ1) is 11.2. The molecule has 1 aliphatic heterocycles. The molecular formula is C19H20N2O2. The maximum Gasteiger partial charge on any atom is 0.201 e. The van der Waals surface area contributed by atoms with Gasteiger partial charge in [0.25, 0.3) is 0 Å². The van der Waals surface area contributed by atoms with Gasteiger partial charge < -0.3 is 4.90 Å². The summed E-state index contributed by atoms with van der Waals surface area (Å²) in [7, 11) is 0. The molecule has 1 heterocycles. The molecular weight excluding hydrogens is 288 g/mol. The molecule has 0 amide bonds. The van der Waals surface area contributed by atoms with Gasteiger partial charge in [-0.25, -0.2) is 0 Å². The summed E-state index contributed by atoms with van der Waals surface area (Å²) in [5.41, 5.74) is 1.54. The van der Waals surface area contributed by atoms with Crippen molar-refractivity contribution >= 4 is 11.5 Å². The summed E-state index contributed by atoms with van der Waals surface area (Å²) in [4.78, 5) is 28.6. The predicted octanol–water partition coefficient (Wildman–Crippen LogP) is 2.05. The monoisotopic (exact) mass is 308 g/mol. The van der Waals surface area contributed by atoms with Crippen LogP contribution in [0.4, 0.5) is 5.69 Å². The molecule has 0 aromatic heterocycles. The molecule has 4 heteroatoms. The van der Waals surface area contributed by atoms with Gasteiger partial charge in [-0.2, -0.15) is 0 Å². The molecule has 0 N–H and O–H groups in total. The van der Waals surface area contributed by atoms with E-state index in [2.05, 4.69) is 9.80 Å². The van der Waals surface area contributed by atoms with Crippen molar-refractivity contribution in [3.8, 4) is 0 Å². The number of nitrogens with zero attached hydrogens (tertiary/aromatic N) is 2. The highest BCUT2D eigenvalue weighted by Crippen LogP contribution is 2.11. The lowest BCUT2D eigenvalue weighted by Gasteiger charge is -2.35. The Morgan fingerprint density at radius 1 is 0.826 bits per heavy atom. The molecule has 0 unspecified atom stereocenters. The summed E-state index contributed by atoms with van der Waals surface area (Å²) < 4.78 is 0. The highest BCUT2D eigenvalue weighted by molar-refractivity contribution is 5.97. The van der Waals surface area contributed by atoms with Gasteiger partial charge in [-0.1, -0.05) is 48.5 Å². The Bertz CT molecular complexity index is 723. The van der Waals surface area contributed by atoms with Crippen molar-refractivity contribution in [1.82, 2.24) is 4.90 Å². The summed E-state index contributed by atoms with van der Waals surface area (Å²) in [5, 5.41) is 0. The Morgan fingerprint density at radius 2 is 1.43 bits per heavy atom. The van der Waals surface area contributed by atoms with Gasteiger partial charge in [-0.15, -0.1) is 0 Å². The maximum absolute atomic E-state index is 12.3. The summed E-state index contributed by atoms with van der Waals surface area (Å²) in [6, 6.07) is 18.4. The first-order valence-corrected chi connectivity index (χ1v) is 7.89. The van der Waals surface area contributed by atoms with Crippen LogP contribution in [0.5, 0.6) is 0 Å². The summed E-state index contributed by atoms with van der Waals surface area (Å²) in [6.07, 6.45) is 0. The van der Waals surface area contributed by atoms with Crippen LogP contribution in [0.1, 0.15) is 10.4 Å². The van der Waals surface area contributed by atoms with Crippen molar-refractivity contribution in [2.75, 3.05) is 37.6 Å². The lowest BCUT2D eigenvalue weighted by Crippen LogP contribution is -2.48. The molecule has 1 aliphatic rings. The van der Waals surface area contributed by atoms with E-state index in [1.165, 1.54) is 0 Å². The van der Waals surface area contributed by atoms with Crippen LogP contribution < -0.4 is 10.3 Å². The van der Waals surface area contributed by atoms with E-state index < -0.39 is 0 Å². The zero-order chi connectivity index (χ0) is 16.1. The smallest absolute Gasteiger partial charge is 0.201 e. The van der Waals surface area contributed by atoms with Crippen LogP contribution in [-0.2, 0) is 0 Å². The number of hydrogen-bond donors (Lipinski definition) is 0. The second-order valence-electron chi connectivity index (χ2n) is 5.71. The number of benzene rings is 1. The van der Waals surface area contributed by atoms with Gasteiger partial charge in [0.05, 0.1) is 12.2 Å². The second kappa shape index (κ2) is 7.20. The van der Waals surface area contributed by atoms with Gasteiger partial charge in [0, 0.05) is 31.7 Å². The highest BCUT2D eigenvalue weighted by Gasteiger charge is 2.20. The number of hydrogen-bond acceptors (Lipinski definition) is 4. The Labute approximate surface area is 136 Å². The topological polar surface area (TPSA) is 40.6 Å². The Kier molecular flexibility index (Phi) is 4.83. The van der Waals surface area contributed by atoms with Crippen LogP contribution >= 0.6 is 0 Å². The van der Waals surface area contributed by atoms with Crippen LogP contribution in [0.2, 0.25) is 0 Å². The first-order valence-electron chi connectivity index (χ1n) is 7.89. The third-order valence-electron chi connectivity index (χ3n) is 4.15. The van der Waals surface area contributed by atoms with Gasteiger partial charge in [-0.3, -0.25) is 14.5 Å². The minimum absolute atomic E-state index is 0.0452. The van der Waals surface area contributed by atoms with Gasteiger partial charge >= 0.3 is 0 Å². The average molecular weight is 308 g/mol. The molecule has 3 rings (SSSR count). The lowest BCUT2D eigenvalue weighted by molar-refractivity contribution is 0.0926. The molecule has 0 atom stereocenters. The van der Waals surface area contributed by atoms with E-state index in [0.717, 1.165) is 37.4 Å². The molecule has 2 aromatic rings. The van der Waals surface area contributed by atoms with E-state index in [1.807, 2.05) is 48.5 Å². The standard InChI is InChI=1S/C19H20N2O2/c22-18-10-6-2-5-9-17(18)21-13-11-20(12-14-21)15-19(23)16-7-3-1-4-8-16/h1-10H,11-15H2. The van der Waals surface area contributed by atoms with Crippen molar-refractivity contribution in [1.29, 1.82) is 0 Å². The quantitative estimate of drug-likeness (QED) is 0.811. The van der Waals surface area contributed by atoms with E-state index in [1.54, 1.807) is 12.1 Å². The second-order valence-corrected chi connectivity index (χ2v) is 5.71. The fourth-order valence-corrected chi connectivity index (χ4v) is 2.85. The Hall–Kier alpha value is -2.46. The summed E-state index contributed by atoms with van der Waals surface area (Å²) in [5.74, 6) is 0.148. The highest BCUT2D eigenvalue weighted by atomic mass is 16.1. The molecule has 1 fully saturated rings. The van der Waals surface area contributed by atoms with Crippen LogP contribution in [0.25, 0.3) is 0 Å². The predicted molar refractivity (Wildman–Crippen MR) is 92.1 cm³/mol. The first kappa shape index (κ1) is 15.4. The number of anilines is 1. The van der Waals surface area contributed by atoms with Gasteiger partial charge in [0.1, 0.15) is 0 Å². The molecule has 4 nitrogen and oxygen atoms in total. The molecule has 2 aromatic carbocycles. The van der Waals surface area contributed by atoms with Crippen LogP contribution in [0.3, 0.4) is 0 Å². The summed E-state index contributed by atoms with van der Waals surface area (Å²) >= 11 is 0. The molecule has 0 radical (unpaired) electrons. The number of carbonyl (C=O) groups is 1. The van der Waals surface area contributed by atoms with Gasteiger partial charge in [-0.05, 0) is 12.1 Å². The third kappa shape index (κ3) is 3.85. The minimum atomic E-state index is 0.0452. The number of ketones is 1. The van der Waals surface area contributed by atoms with E-state index >= 15 is 0 Å². The Morgan fingerprint density at radius 3 is 2.13 bits per heavy atom. The largest absolute Gasteiger partial charge is 0.366 e. The molecule has 0 saturated carbocycles. The van der Waals surface area contributed by atoms with Crippen molar-refractivity contribution in [2.45, 2.75) is 0 Å². The van der Waals surface area contributed by atoms with Gasteiger partial charge in [0.2, 0.25) is 5.43 Å². The zero-order valence-electron chi connectivity index (χ0n) is 13.0. The van der Waals surface area contributed by atoms with Crippen molar-refractivity contribution in [3.63, 3.8) is 0 Å². The van der Waals surface area contributed by atoms with Gasteiger partial charge in [0.15, 0.2) is 5.78 Å². The van der Waals surface area contributed by atoms with Crippen LogP contribution in [-0.4, -0.2) is 43.4 Å². The minimum Gasteiger partial charge on any atom is -0.366 e. The summed E-state index contributed by atoms with van der Waals surface area (Å²) in [6.45, 7) is 3.54. The molecule has 23 heavy (non-hydrogen) atoms. The Balaban J connectivity index is 1.60. The number of rotatable bonds is 4. The van der Waals surface area contributed by atoms with Crippen molar-refractivity contribution in [3.05, 3.63) is 76.5 Å². The van der Waals surface area contributed by atoms with E-state index in [-0.39, 0.29) is 11.2 Å². The maximum atomic E-state index is 12.3. The van der Waals surface area contributed by atoms with Crippen molar-refractivity contribution in [2.24, 2.45) is 0 Å². The fourth-order valence-electron chi connectivity index (χ4n) is 2.85. The van der Waals surface area contributed by atoms with E-state index in [9.17, 15) is 9.59 Å². The van der Waals surface area contributed by atoms with Crippen LogP contribution in [0, 0.1) is 0 Å². The molecule has 0 aliphatic carbocycles. The lowest BCUT2D eigenvalue weighted by atomic mass is 10.1. The molecule has 0 bridgehead atoms. The average Bonchev–Trinajstić information content (AvgIpc) is 2.81. The number of carbonyl (C=O) groups excluding carboxylic acids is 1. The third-order valence-corrected chi connectivity index (χ3v) is 4.15. The SMILES string of the molecule is O=C(CN1CCN(c2cccccc2=O)CC1)c1ccccc1. The van der Waals surface area contributed by atoms with E-state index in [0.29, 0.717) is 6.54 Å². The fraction of sp³-hybridized carbons (Fsp3) is 0.263. The molecule has 1 saturated heterocycles. The number of piperazine rings is 1. The van der Waals surface area contributed by atoms with E-state index in [4.69, 9.17) is 0 Å². The van der Waals surface area contributed by atoms with Crippen molar-refractivity contribution < 1.29 is 4.79 Å². The van der Waals surface area contributed by atoms with Crippen LogP contribution in [0.15, 0.2) is 65.5 Å². The molecule has 0 spiro atoms. The zero-order valence-corrected chi connectivity index (χ0v) is 13.0. The number of Topliss-reactive ketones (excluding diaryl/α,β-unsaturated/α-hetero) is 1.